The molecule has 0 amide bonds. The van der Waals surface area contributed by atoms with Gasteiger partial charge in [-0.3, -0.25) is 9.69 Å². The molecule has 0 atom stereocenters. The minimum atomic E-state index is -0.0221. The maximum Gasteiger partial charge on any atom is 0.258 e. The molecular formula is C26H28N4O3. The molecule has 0 radical (unpaired) electrons. The van der Waals surface area contributed by atoms with Crippen molar-refractivity contribution in [1.29, 1.82) is 5.26 Å². The Morgan fingerprint density at radius 1 is 1.30 bits per heavy atom. The molecule has 33 heavy (non-hydrogen) atoms. The Hall–Kier alpha value is -3.50. The first-order valence-electron chi connectivity index (χ1n) is 11.2. The molecule has 0 spiro atoms. The highest BCUT2D eigenvalue weighted by molar-refractivity contribution is 5.75. The number of benzene rings is 2. The maximum atomic E-state index is 11.3. The number of nitrogens with zero attached hydrogens (tertiary/aromatic N) is 4. The molecule has 7 nitrogen and oxygen atoms in total. The number of carbonyl (C=O) groups is 1. The molecule has 0 unspecified atom stereocenters. The van der Waals surface area contributed by atoms with Gasteiger partial charge < -0.3 is 9.26 Å². The molecule has 0 aliphatic carbocycles. The van der Waals surface area contributed by atoms with Gasteiger partial charge in [-0.1, -0.05) is 17.3 Å². The highest BCUT2D eigenvalue weighted by Crippen LogP contribution is 2.32. The molecule has 3 aromatic rings. The number of rotatable bonds is 7. The van der Waals surface area contributed by atoms with Crippen molar-refractivity contribution in [3.8, 4) is 34.7 Å². The zero-order chi connectivity index (χ0) is 23.5. The van der Waals surface area contributed by atoms with Crippen LogP contribution < -0.4 is 4.74 Å². The van der Waals surface area contributed by atoms with Crippen LogP contribution in [0.1, 0.15) is 49.4 Å². The minimum absolute atomic E-state index is 0.0221. The number of fused-ring (bicyclic) bond motifs is 1. The molecule has 2 heterocycles. The Bertz CT molecular complexity index is 1220. The summed E-state index contributed by atoms with van der Waals surface area (Å²) in [5.74, 6) is 1.67. The number of ketones is 1. The van der Waals surface area contributed by atoms with Gasteiger partial charge in [0, 0.05) is 37.2 Å². The third kappa shape index (κ3) is 4.96. The quantitative estimate of drug-likeness (QED) is 0.521. The van der Waals surface area contributed by atoms with Crippen molar-refractivity contribution in [2.75, 3.05) is 13.1 Å². The first kappa shape index (κ1) is 22.7. The topological polar surface area (TPSA) is 92.3 Å². The predicted octanol–water partition coefficient (Wildman–Crippen LogP) is 4.71. The number of ether oxygens (including phenoxy) is 1. The summed E-state index contributed by atoms with van der Waals surface area (Å²) < 4.78 is 11.2. The van der Waals surface area contributed by atoms with Gasteiger partial charge in [-0.25, -0.2) is 0 Å². The molecule has 0 N–H and O–H groups in total. The van der Waals surface area contributed by atoms with E-state index in [1.54, 1.807) is 19.1 Å². The van der Waals surface area contributed by atoms with E-state index in [1.165, 1.54) is 11.1 Å². The first-order chi connectivity index (χ1) is 15.9. The highest BCUT2D eigenvalue weighted by Gasteiger charge is 2.22. The van der Waals surface area contributed by atoms with Crippen molar-refractivity contribution < 1.29 is 14.1 Å². The van der Waals surface area contributed by atoms with E-state index in [2.05, 4.69) is 34.1 Å². The largest absolute Gasteiger partial charge is 0.490 e. The van der Waals surface area contributed by atoms with Crippen LogP contribution in [0.5, 0.6) is 5.75 Å². The summed E-state index contributed by atoms with van der Waals surface area (Å²) >= 11 is 0. The molecule has 4 rings (SSSR count). The van der Waals surface area contributed by atoms with E-state index in [4.69, 9.17) is 9.26 Å². The van der Waals surface area contributed by atoms with Crippen LogP contribution in [0.25, 0.3) is 22.8 Å². The summed E-state index contributed by atoms with van der Waals surface area (Å²) in [6.45, 7) is 10.2. The fourth-order valence-corrected chi connectivity index (χ4v) is 4.20. The van der Waals surface area contributed by atoms with Crippen LogP contribution in [-0.4, -0.2) is 40.0 Å². The number of hydrogen-bond acceptors (Lipinski definition) is 7. The standard InChI is InChI=1S/C26H28N4O3/c1-16(2)32-24-8-6-19(13-21(24)14-27)26-28-25(29-33-26)23-7-5-20-15-30(11-9-17(3)31)12-10-22(20)18(23)4/h5-8,13,16H,9-12,15H2,1-4H3. The van der Waals surface area contributed by atoms with Crippen LogP contribution in [-0.2, 0) is 17.8 Å². The van der Waals surface area contributed by atoms with Gasteiger partial charge in [0.25, 0.3) is 5.89 Å². The summed E-state index contributed by atoms with van der Waals surface area (Å²) in [5, 5.41) is 13.7. The summed E-state index contributed by atoms with van der Waals surface area (Å²) in [6, 6.07) is 11.6. The fraction of sp³-hybridized carbons (Fsp3) is 0.385. The highest BCUT2D eigenvalue weighted by atomic mass is 16.5. The van der Waals surface area contributed by atoms with Crippen LogP contribution >= 0.6 is 0 Å². The zero-order valence-electron chi connectivity index (χ0n) is 19.5. The van der Waals surface area contributed by atoms with Gasteiger partial charge in [0.15, 0.2) is 0 Å². The molecule has 1 aromatic heterocycles. The molecule has 2 aromatic carbocycles. The molecule has 7 heteroatoms. The van der Waals surface area contributed by atoms with Crippen molar-refractivity contribution in [1.82, 2.24) is 15.0 Å². The summed E-state index contributed by atoms with van der Waals surface area (Å²) in [7, 11) is 0. The van der Waals surface area contributed by atoms with Gasteiger partial charge in [0.1, 0.15) is 17.6 Å². The van der Waals surface area contributed by atoms with Gasteiger partial charge >= 0.3 is 0 Å². The number of aromatic nitrogens is 2. The van der Waals surface area contributed by atoms with Crippen LogP contribution in [0, 0.1) is 18.3 Å². The second-order valence-corrected chi connectivity index (χ2v) is 8.77. The maximum absolute atomic E-state index is 11.3. The van der Waals surface area contributed by atoms with Crippen molar-refractivity contribution in [3.05, 3.63) is 52.6 Å². The van der Waals surface area contributed by atoms with Gasteiger partial charge in [-0.2, -0.15) is 10.2 Å². The fourth-order valence-electron chi connectivity index (χ4n) is 4.20. The van der Waals surface area contributed by atoms with Crippen LogP contribution in [0.15, 0.2) is 34.9 Å². The Morgan fingerprint density at radius 3 is 2.85 bits per heavy atom. The Kier molecular flexibility index (Phi) is 6.57. The molecule has 1 aliphatic heterocycles. The van der Waals surface area contributed by atoms with Crippen LogP contribution in [0.2, 0.25) is 0 Å². The monoisotopic (exact) mass is 444 g/mol. The van der Waals surface area contributed by atoms with E-state index >= 15 is 0 Å². The smallest absolute Gasteiger partial charge is 0.258 e. The number of Topliss-reactive ketones (excluding diaryl/α,β-unsaturated/α-hetero) is 1. The molecule has 0 saturated carbocycles. The molecule has 170 valence electrons. The Balaban J connectivity index is 1.57. The lowest BCUT2D eigenvalue weighted by Gasteiger charge is -2.30. The van der Waals surface area contributed by atoms with Crippen molar-refractivity contribution in [3.63, 3.8) is 0 Å². The molecule has 0 fully saturated rings. The van der Waals surface area contributed by atoms with E-state index in [-0.39, 0.29) is 11.9 Å². The van der Waals surface area contributed by atoms with Gasteiger partial charge in [0.2, 0.25) is 5.82 Å². The van der Waals surface area contributed by atoms with E-state index < -0.39 is 0 Å². The van der Waals surface area contributed by atoms with Crippen molar-refractivity contribution in [2.24, 2.45) is 0 Å². The first-order valence-corrected chi connectivity index (χ1v) is 11.2. The Labute approximate surface area is 194 Å². The second kappa shape index (κ2) is 9.55. The van der Waals surface area contributed by atoms with E-state index in [0.29, 0.717) is 35.0 Å². The second-order valence-electron chi connectivity index (χ2n) is 8.77. The molecule has 1 aliphatic rings. The van der Waals surface area contributed by atoms with Crippen LogP contribution in [0.3, 0.4) is 0 Å². The number of hydrogen-bond donors (Lipinski definition) is 0. The summed E-state index contributed by atoms with van der Waals surface area (Å²) in [6.07, 6.45) is 1.50. The van der Waals surface area contributed by atoms with E-state index in [9.17, 15) is 10.1 Å². The summed E-state index contributed by atoms with van der Waals surface area (Å²) in [5.41, 5.74) is 5.82. The normalized spacial score (nSPS) is 13.6. The molecular weight excluding hydrogens is 416 g/mol. The third-order valence-corrected chi connectivity index (χ3v) is 5.92. The molecule has 0 bridgehead atoms. The third-order valence-electron chi connectivity index (χ3n) is 5.92. The molecule has 0 saturated heterocycles. The van der Waals surface area contributed by atoms with E-state index in [1.807, 2.05) is 26.0 Å². The van der Waals surface area contributed by atoms with Gasteiger partial charge in [0.05, 0.1) is 11.7 Å². The SMILES string of the molecule is CC(=O)CCN1CCc2c(ccc(-c3noc(-c4ccc(OC(C)C)c(C#N)c4)n3)c2C)C1. The minimum Gasteiger partial charge on any atom is -0.490 e. The van der Waals surface area contributed by atoms with Gasteiger partial charge in [-0.05, 0) is 69.0 Å². The zero-order valence-corrected chi connectivity index (χ0v) is 19.5. The average molecular weight is 445 g/mol. The van der Waals surface area contributed by atoms with Crippen molar-refractivity contribution >= 4 is 5.78 Å². The lowest BCUT2D eigenvalue weighted by Crippen LogP contribution is -2.32. The predicted molar refractivity (Wildman–Crippen MR) is 125 cm³/mol. The van der Waals surface area contributed by atoms with Gasteiger partial charge in [-0.15, -0.1) is 0 Å². The lowest BCUT2D eigenvalue weighted by molar-refractivity contribution is -0.117. The summed E-state index contributed by atoms with van der Waals surface area (Å²) in [4.78, 5) is 18.3. The lowest BCUT2D eigenvalue weighted by atomic mass is 9.91. The number of nitriles is 1. The van der Waals surface area contributed by atoms with Crippen molar-refractivity contribution in [2.45, 2.75) is 53.2 Å². The number of carbonyl (C=O) groups excluding carboxylic acids is 1. The van der Waals surface area contributed by atoms with E-state index in [0.717, 1.165) is 37.2 Å². The van der Waals surface area contributed by atoms with Crippen LogP contribution in [0.4, 0.5) is 0 Å². The average Bonchev–Trinajstić information content (AvgIpc) is 3.27. The Morgan fingerprint density at radius 2 is 2.12 bits per heavy atom.